The number of nitrogens with zero attached hydrogens (tertiary/aromatic N) is 5. The Kier molecular flexibility index (Phi) is 4.76. The van der Waals surface area contributed by atoms with Gasteiger partial charge in [-0.1, -0.05) is 12.1 Å². The molecule has 3 heterocycles. The van der Waals surface area contributed by atoms with Crippen LogP contribution in [0.25, 0.3) is 27.7 Å². The SMILES string of the molecule is COc1cc2c(c(C(F)(F)F)c1-c1cccc3c1cnn3S(C)(=O)=O)-n1c(C)nnc1C(C)(C)N2. The first-order chi connectivity index (χ1) is 16.3. The zero-order chi connectivity index (χ0) is 25.5. The van der Waals surface area contributed by atoms with E-state index < -0.39 is 27.3 Å². The molecule has 0 saturated carbocycles. The number of anilines is 1. The summed E-state index contributed by atoms with van der Waals surface area (Å²) in [7, 11) is -2.50. The second-order valence-electron chi connectivity index (χ2n) is 8.87. The maximum Gasteiger partial charge on any atom is 0.419 e. The summed E-state index contributed by atoms with van der Waals surface area (Å²) in [5.41, 5.74) is -1.67. The summed E-state index contributed by atoms with van der Waals surface area (Å²) in [5, 5.41) is 15.4. The fraction of sp³-hybridized carbons (Fsp3) is 0.318. The smallest absolute Gasteiger partial charge is 0.419 e. The standard InChI is InChI=1S/C22H21F3N6O3S/c1-11-28-29-20-21(2,3)27-14-9-16(34-4)17(18(22(23,24)25)19(14)30(11)20)12-7-6-8-15-13(12)10-26-31(15)35(5,32)33/h6-10,27H,1-5H3. The molecule has 4 aromatic rings. The maximum absolute atomic E-state index is 14.9. The Morgan fingerprint density at radius 2 is 1.89 bits per heavy atom. The van der Waals surface area contributed by atoms with Gasteiger partial charge in [0.1, 0.15) is 11.6 Å². The molecular formula is C22H21F3N6O3S. The average Bonchev–Trinajstić information content (AvgIpc) is 3.36. The Labute approximate surface area is 198 Å². The Morgan fingerprint density at radius 3 is 2.51 bits per heavy atom. The van der Waals surface area contributed by atoms with Gasteiger partial charge in [0.2, 0.25) is 0 Å². The third kappa shape index (κ3) is 3.36. The van der Waals surface area contributed by atoms with E-state index in [9.17, 15) is 21.6 Å². The lowest BCUT2D eigenvalue weighted by molar-refractivity contribution is -0.137. The van der Waals surface area contributed by atoms with E-state index in [4.69, 9.17) is 4.74 Å². The number of fused-ring (bicyclic) bond motifs is 4. The molecule has 0 amide bonds. The zero-order valence-corrected chi connectivity index (χ0v) is 20.2. The number of hydrogen-bond donors (Lipinski definition) is 1. The molecule has 0 saturated heterocycles. The van der Waals surface area contributed by atoms with Crippen LogP contribution in [0.1, 0.15) is 31.1 Å². The van der Waals surface area contributed by atoms with Crippen LogP contribution in [0.4, 0.5) is 18.9 Å². The topological polar surface area (TPSA) is 104 Å². The lowest BCUT2D eigenvalue weighted by Gasteiger charge is -2.36. The molecule has 0 fully saturated rings. The van der Waals surface area contributed by atoms with Gasteiger partial charge in [0.05, 0.1) is 47.6 Å². The second-order valence-corrected chi connectivity index (χ2v) is 10.7. The molecule has 2 aromatic heterocycles. The minimum Gasteiger partial charge on any atom is -0.496 e. The number of nitrogens with one attached hydrogen (secondary N) is 1. The predicted octanol–water partition coefficient (Wildman–Crippen LogP) is 4.09. The highest BCUT2D eigenvalue weighted by Crippen LogP contribution is 2.52. The van der Waals surface area contributed by atoms with Crippen LogP contribution in [-0.4, -0.2) is 45.7 Å². The van der Waals surface area contributed by atoms with E-state index in [0.717, 1.165) is 10.3 Å². The van der Waals surface area contributed by atoms with Crippen molar-refractivity contribution in [3.05, 3.63) is 47.7 Å². The molecule has 0 aliphatic carbocycles. The number of benzene rings is 2. The van der Waals surface area contributed by atoms with Crippen LogP contribution in [0, 0.1) is 6.92 Å². The number of methoxy groups -OCH3 is 1. The van der Waals surface area contributed by atoms with E-state index in [1.54, 1.807) is 20.8 Å². The lowest BCUT2D eigenvalue weighted by Crippen LogP contribution is -2.37. The molecule has 0 atom stereocenters. The average molecular weight is 507 g/mol. The van der Waals surface area contributed by atoms with Crippen LogP contribution in [0.3, 0.4) is 0 Å². The number of ether oxygens (including phenoxy) is 1. The highest BCUT2D eigenvalue weighted by atomic mass is 32.2. The summed E-state index contributed by atoms with van der Waals surface area (Å²) in [6.45, 7) is 5.18. The number of aryl methyl sites for hydroxylation is 1. The molecule has 0 unspecified atom stereocenters. The largest absolute Gasteiger partial charge is 0.496 e. The van der Waals surface area contributed by atoms with Crippen molar-refractivity contribution < 1.29 is 26.3 Å². The van der Waals surface area contributed by atoms with Gasteiger partial charge in [0, 0.05) is 17.0 Å². The van der Waals surface area contributed by atoms with Crippen LogP contribution < -0.4 is 10.1 Å². The summed E-state index contributed by atoms with van der Waals surface area (Å²) in [6, 6.07) is 5.95. The summed E-state index contributed by atoms with van der Waals surface area (Å²) in [4.78, 5) is 0. The third-order valence-corrected chi connectivity index (χ3v) is 6.91. The Bertz CT molecular complexity index is 1620. The van der Waals surface area contributed by atoms with Crippen LogP contribution in [0.2, 0.25) is 0 Å². The summed E-state index contributed by atoms with van der Waals surface area (Å²) in [5.74, 6) is 0.584. The predicted molar refractivity (Wildman–Crippen MR) is 123 cm³/mol. The fourth-order valence-electron chi connectivity index (χ4n) is 4.62. The van der Waals surface area contributed by atoms with Crippen LogP contribution >= 0.6 is 0 Å². The number of aromatic nitrogens is 5. The first kappa shape index (κ1) is 23.1. The van der Waals surface area contributed by atoms with E-state index in [1.165, 1.54) is 42.1 Å². The molecule has 5 rings (SSSR count). The minimum absolute atomic E-state index is 0.0341. The number of halogens is 3. The van der Waals surface area contributed by atoms with Crippen LogP contribution in [0.15, 0.2) is 30.5 Å². The molecule has 1 N–H and O–H groups in total. The van der Waals surface area contributed by atoms with Gasteiger partial charge in [-0.05, 0) is 32.4 Å². The van der Waals surface area contributed by atoms with Gasteiger partial charge in [-0.25, -0.2) is 8.42 Å². The third-order valence-electron chi connectivity index (χ3n) is 5.99. The molecule has 2 aromatic carbocycles. The Balaban J connectivity index is 1.96. The molecule has 0 bridgehead atoms. The van der Waals surface area contributed by atoms with E-state index >= 15 is 0 Å². The quantitative estimate of drug-likeness (QED) is 0.446. The Morgan fingerprint density at radius 1 is 1.17 bits per heavy atom. The number of rotatable bonds is 3. The molecule has 0 radical (unpaired) electrons. The monoisotopic (exact) mass is 506 g/mol. The Hall–Kier alpha value is -3.61. The lowest BCUT2D eigenvalue weighted by atomic mass is 9.90. The van der Waals surface area contributed by atoms with E-state index in [1.807, 2.05) is 0 Å². The van der Waals surface area contributed by atoms with Gasteiger partial charge >= 0.3 is 6.18 Å². The number of hydrogen-bond acceptors (Lipinski definition) is 7. The maximum atomic E-state index is 14.9. The van der Waals surface area contributed by atoms with Crippen molar-refractivity contribution in [3.63, 3.8) is 0 Å². The fourth-order valence-corrected chi connectivity index (χ4v) is 5.35. The first-order valence-corrected chi connectivity index (χ1v) is 12.3. The van der Waals surface area contributed by atoms with Crippen molar-refractivity contribution >= 4 is 26.6 Å². The molecule has 35 heavy (non-hydrogen) atoms. The molecule has 184 valence electrons. The van der Waals surface area contributed by atoms with Crippen LogP contribution in [0.5, 0.6) is 5.75 Å². The molecule has 9 nitrogen and oxygen atoms in total. The molecule has 13 heteroatoms. The molecule has 1 aliphatic heterocycles. The van der Waals surface area contributed by atoms with E-state index in [2.05, 4.69) is 20.6 Å². The molecular weight excluding hydrogens is 485 g/mol. The van der Waals surface area contributed by atoms with Crippen molar-refractivity contribution in [1.82, 2.24) is 24.0 Å². The summed E-state index contributed by atoms with van der Waals surface area (Å²) in [6.07, 6.45) is -2.61. The second kappa shape index (κ2) is 7.20. The molecule has 0 spiro atoms. The van der Waals surface area contributed by atoms with Gasteiger partial charge < -0.3 is 10.1 Å². The van der Waals surface area contributed by atoms with Crippen molar-refractivity contribution in [3.8, 4) is 22.6 Å². The van der Waals surface area contributed by atoms with Crippen molar-refractivity contribution in [2.75, 3.05) is 18.7 Å². The van der Waals surface area contributed by atoms with Gasteiger partial charge in [0.25, 0.3) is 10.0 Å². The highest BCUT2D eigenvalue weighted by Gasteiger charge is 2.45. The van der Waals surface area contributed by atoms with Gasteiger partial charge in [-0.15, -0.1) is 10.2 Å². The van der Waals surface area contributed by atoms with Crippen molar-refractivity contribution in [1.29, 1.82) is 0 Å². The molecule has 1 aliphatic rings. The first-order valence-electron chi connectivity index (χ1n) is 10.5. The number of alkyl halides is 3. The highest BCUT2D eigenvalue weighted by molar-refractivity contribution is 7.89. The van der Waals surface area contributed by atoms with Crippen molar-refractivity contribution in [2.45, 2.75) is 32.5 Å². The van der Waals surface area contributed by atoms with Gasteiger partial charge in [-0.2, -0.15) is 22.4 Å². The summed E-state index contributed by atoms with van der Waals surface area (Å²) >= 11 is 0. The normalized spacial score (nSPS) is 15.0. The summed E-state index contributed by atoms with van der Waals surface area (Å²) < 4.78 is 76.7. The minimum atomic E-state index is -4.82. The van der Waals surface area contributed by atoms with Gasteiger partial charge in [0.15, 0.2) is 5.82 Å². The van der Waals surface area contributed by atoms with Crippen molar-refractivity contribution in [2.24, 2.45) is 0 Å². The van der Waals surface area contributed by atoms with Gasteiger partial charge in [-0.3, -0.25) is 4.57 Å². The zero-order valence-electron chi connectivity index (χ0n) is 19.4. The van der Waals surface area contributed by atoms with E-state index in [-0.39, 0.29) is 39.2 Å². The van der Waals surface area contributed by atoms with Crippen LogP contribution in [-0.2, 0) is 21.7 Å². The van der Waals surface area contributed by atoms with E-state index in [0.29, 0.717) is 11.6 Å².